The molecular formula is C11H23NO3S. The molecule has 1 atom stereocenters. The van der Waals surface area contributed by atoms with E-state index in [0.717, 1.165) is 6.54 Å². The Balaban J connectivity index is 2.01. The van der Waals surface area contributed by atoms with Crippen LogP contribution in [0.2, 0.25) is 0 Å². The molecule has 16 heavy (non-hydrogen) atoms. The molecule has 96 valence electrons. The van der Waals surface area contributed by atoms with E-state index in [4.69, 9.17) is 4.74 Å². The van der Waals surface area contributed by atoms with E-state index in [9.17, 15) is 8.42 Å². The molecule has 0 amide bonds. The fourth-order valence-corrected chi connectivity index (χ4v) is 3.13. The third-order valence-electron chi connectivity index (χ3n) is 2.80. The molecule has 0 radical (unpaired) electrons. The smallest absolute Gasteiger partial charge is 0.148 e. The normalized spacial score (nSPS) is 20.1. The minimum atomic E-state index is -2.88. The van der Waals surface area contributed by atoms with Crippen molar-refractivity contribution in [1.29, 1.82) is 0 Å². The number of rotatable bonds is 7. The number of hydrogen-bond acceptors (Lipinski definition) is 4. The minimum absolute atomic E-state index is 0.00202. The Morgan fingerprint density at radius 1 is 1.38 bits per heavy atom. The zero-order valence-corrected chi connectivity index (χ0v) is 11.1. The SMILES string of the molecule is CC(CS(C)(=O)=O)NCCOC1CCCC1. The third-order valence-corrected chi connectivity index (χ3v) is 3.91. The van der Waals surface area contributed by atoms with Crippen LogP contribution in [0.25, 0.3) is 0 Å². The van der Waals surface area contributed by atoms with E-state index >= 15 is 0 Å². The van der Waals surface area contributed by atoms with Gasteiger partial charge in [0.25, 0.3) is 0 Å². The van der Waals surface area contributed by atoms with Crippen LogP contribution in [0, 0.1) is 0 Å². The summed E-state index contributed by atoms with van der Waals surface area (Å²) in [5.41, 5.74) is 0. The maximum absolute atomic E-state index is 11.0. The highest BCUT2D eigenvalue weighted by Gasteiger charge is 2.15. The van der Waals surface area contributed by atoms with Crippen molar-refractivity contribution in [3.8, 4) is 0 Å². The molecular weight excluding hydrogens is 226 g/mol. The number of ether oxygens (including phenoxy) is 1. The molecule has 1 N–H and O–H groups in total. The predicted octanol–water partition coefficient (Wildman–Crippen LogP) is 0.968. The molecule has 1 fully saturated rings. The maximum Gasteiger partial charge on any atom is 0.148 e. The van der Waals surface area contributed by atoms with E-state index in [1.54, 1.807) is 0 Å². The predicted molar refractivity (Wildman–Crippen MR) is 65.4 cm³/mol. The second-order valence-corrected chi connectivity index (χ2v) is 6.91. The van der Waals surface area contributed by atoms with Gasteiger partial charge in [0, 0.05) is 18.8 Å². The lowest BCUT2D eigenvalue weighted by atomic mass is 10.3. The fraction of sp³-hybridized carbons (Fsp3) is 1.00. The first-order valence-corrected chi connectivity index (χ1v) is 8.06. The van der Waals surface area contributed by atoms with Gasteiger partial charge in [0.15, 0.2) is 0 Å². The summed E-state index contributed by atoms with van der Waals surface area (Å²) in [4.78, 5) is 0. The third kappa shape index (κ3) is 6.45. The van der Waals surface area contributed by atoms with Gasteiger partial charge in [-0.25, -0.2) is 8.42 Å². The zero-order chi connectivity index (χ0) is 12.0. The van der Waals surface area contributed by atoms with Crippen LogP contribution in [-0.4, -0.2) is 45.7 Å². The summed E-state index contributed by atoms with van der Waals surface area (Å²) in [7, 11) is -2.88. The minimum Gasteiger partial charge on any atom is -0.377 e. The summed E-state index contributed by atoms with van der Waals surface area (Å²) in [6, 6.07) is 0.00202. The van der Waals surface area contributed by atoms with Crippen molar-refractivity contribution in [3.05, 3.63) is 0 Å². The van der Waals surface area contributed by atoms with Gasteiger partial charge >= 0.3 is 0 Å². The monoisotopic (exact) mass is 249 g/mol. The summed E-state index contributed by atoms with van der Waals surface area (Å²) in [5.74, 6) is 0.191. The zero-order valence-electron chi connectivity index (χ0n) is 10.2. The first kappa shape index (κ1) is 13.9. The van der Waals surface area contributed by atoms with Crippen LogP contribution in [0.15, 0.2) is 0 Å². The van der Waals surface area contributed by atoms with Crippen LogP contribution < -0.4 is 5.32 Å². The number of hydrogen-bond donors (Lipinski definition) is 1. The fourth-order valence-electron chi connectivity index (χ4n) is 2.10. The number of sulfone groups is 1. The topological polar surface area (TPSA) is 55.4 Å². The van der Waals surface area contributed by atoms with Crippen molar-refractivity contribution in [2.75, 3.05) is 25.2 Å². The molecule has 1 aliphatic rings. The molecule has 0 saturated heterocycles. The van der Waals surface area contributed by atoms with Gasteiger partial charge in [0.05, 0.1) is 18.5 Å². The molecule has 0 spiro atoms. The van der Waals surface area contributed by atoms with Crippen molar-refractivity contribution in [3.63, 3.8) is 0 Å². The van der Waals surface area contributed by atoms with Gasteiger partial charge in [0.1, 0.15) is 9.84 Å². The highest BCUT2D eigenvalue weighted by Crippen LogP contribution is 2.20. The highest BCUT2D eigenvalue weighted by atomic mass is 32.2. The van der Waals surface area contributed by atoms with E-state index in [1.807, 2.05) is 6.92 Å². The molecule has 1 aliphatic carbocycles. The van der Waals surface area contributed by atoms with E-state index in [0.29, 0.717) is 12.7 Å². The lowest BCUT2D eigenvalue weighted by molar-refractivity contribution is 0.0596. The molecule has 1 saturated carbocycles. The Hall–Kier alpha value is -0.130. The molecule has 1 rings (SSSR count). The van der Waals surface area contributed by atoms with Crippen LogP contribution in [0.1, 0.15) is 32.6 Å². The Labute approximate surface area is 98.7 Å². The molecule has 0 aromatic heterocycles. The average Bonchev–Trinajstić information content (AvgIpc) is 2.62. The molecule has 0 aliphatic heterocycles. The molecule has 5 heteroatoms. The molecule has 0 aromatic carbocycles. The summed E-state index contributed by atoms with van der Waals surface area (Å²) >= 11 is 0. The van der Waals surface area contributed by atoms with E-state index < -0.39 is 9.84 Å². The quantitative estimate of drug-likeness (QED) is 0.683. The molecule has 1 unspecified atom stereocenters. The molecule has 4 nitrogen and oxygen atoms in total. The molecule has 0 bridgehead atoms. The van der Waals surface area contributed by atoms with Crippen molar-refractivity contribution in [2.45, 2.75) is 44.8 Å². The van der Waals surface area contributed by atoms with Gasteiger partial charge in [-0.3, -0.25) is 0 Å². The second kappa shape index (κ2) is 6.57. The summed E-state index contributed by atoms with van der Waals surface area (Å²) < 4.78 is 27.7. The standard InChI is InChI=1S/C11H23NO3S/c1-10(9-16(2,13)14)12-7-8-15-11-5-3-4-6-11/h10-12H,3-9H2,1-2H3. The Morgan fingerprint density at radius 3 is 2.56 bits per heavy atom. The first-order valence-electron chi connectivity index (χ1n) is 6.00. The van der Waals surface area contributed by atoms with Crippen LogP contribution in [0.3, 0.4) is 0 Å². The van der Waals surface area contributed by atoms with Crippen molar-refractivity contribution in [1.82, 2.24) is 5.32 Å². The van der Waals surface area contributed by atoms with Crippen LogP contribution in [0.4, 0.5) is 0 Å². The van der Waals surface area contributed by atoms with Crippen LogP contribution >= 0.6 is 0 Å². The molecule has 0 heterocycles. The Kier molecular flexibility index (Phi) is 5.72. The van der Waals surface area contributed by atoms with Crippen molar-refractivity contribution in [2.24, 2.45) is 0 Å². The Bertz CT molecular complexity index is 284. The van der Waals surface area contributed by atoms with Crippen LogP contribution in [0.5, 0.6) is 0 Å². The lowest BCUT2D eigenvalue weighted by Gasteiger charge is -2.15. The van der Waals surface area contributed by atoms with Crippen molar-refractivity contribution >= 4 is 9.84 Å². The van der Waals surface area contributed by atoms with Crippen molar-refractivity contribution < 1.29 is 13.2 Å². The highest BCUT2D eigenvalue weighted by molar-refractivity contribution is 7.90. The van der Waals surface area contributed by atoms with Gasteiger partial charge in [-0.2, -0.15) is 0 Å². The van der Waals surface area contributed by atoms with Gasteiger partial charge in [-0.15, -0.1) is 0 Å². The average molecular weight is 249 g/mol. The first-order chi connectivity index (χ1) is 7.47. The van der Waals surface area contributed by atoms with Gasteiger partial charge in [-0.1, -0.05) is 12.8 Å². The lowest BCUT2D eigenvalue weighted by Crippen LogP contribution is -2.35. The van der Waals surface area contributed by atoms with E-state index in [1.165, 1.54) is 31.9 Å². The van der Waals surface area contributed by atoms with Gasteiger partial charge in [0.2, 0.25) is 0 Å². The second-order valence-electron chi connectivity index (χ2n) is 4.72. The van der Waals surface area contributed by atoms with Gasteiger partial charge in [-0.05, 0) is 19.8 Å². The molecule has 0 aromatic rings. The largest absolute Gasteiger partial charge is 0.377 e. The van der Waals surface area contributed by atoms with E-state index in [-0.39, 0.29) is 11.8 Å². The summed E-state index contributed by atoms with van der Waals surface area (Å²) in [5, 5.41) is 3.16. The summed E-state index contributed by atoms with van der Waals surface area (Å²) in [6.07, 6.45) is 6.62. The summed E-state index contributed by atoms with van der Waals surface area (Å²) in [6.45, 7) is 3.29. The maximum atomic E-state index is 11.0. The Morgan fingerprint density at radius 2 is 2.00 bits per heavy atom. The van der Waals surface area contributed by atoms with Crippen LogP contribution in [-0.2, 0) is 14.6 Å². The van der Waals surface area contributed by atoms with E-state index in [2.05, 4.69) is 5.32 Å². The number of nitrogens with one attached hydrogen (secondary N) is 1. The van der Waals surface area contributed by atoms with Gasteiger partial charge < -0.3 is 10.1 Å².